The van der Waals surface area contributed by atoms with Crippen LogP contribution in [0.25, 0.3) is 5.65 Å². The first-order chi connectivity index (χ1) is 14.8. The number of fused-ring (bicyclic) bond motifs is 1. The van der Waals surface area contributed by atoms with Crippen molar-refractivity contribution in [2.45, 2.75) is 31.2 Å². The van der Waals surface area contributed by atoms with Gasteiger partial charge in [0.25, 0.3) is 5.56 Å². The Bertz CT molecular complexity index is 1240. The molecule has 0 amide bonds. The second-order valence-electron chi connectivity index (χ2n) is 8.07. The maximum absolute atomic E-state index is 12.6. The van der Waals surface area contributed by atoms with Crippen LogP contribution in [-0.2, 0) is 16.6 Å². The maximum Gasteiger partial charge on any atom is 0.258 e. The summed E-state index contributed by atoms with van der Waals surface area (Å²) in [6.45, 7) is 4.50. The van der Waals surface area contributed by atoms with Crippen LogP contribution in [0.3, 0.4) is 0 Å². The topological polar surface area (TPSA) is 83.8 Å². The number of benzene rings is 1. The van der Waals surface area contributed by atoms with E-state index in [0.717, 1.165) is 31.5 Å². The SMILES string of the molecule is Cc1ccc(S(=O)(=O)NCC2CCCN(Cc3cc(=O)n4cc(Cl)ccc4n3)C2)cc1. The van der Waals surface area contributed by atoms with Crippen molar-refractivity contribution in [1.29, 1.82) is 0 Å². The monoisotopic (exact) mass is 460 g/mol. The number of likely N-dealkylation sites (tertiary alicyclic amines) is 1. The molecule has 1 aliphatic heterocycles. The molecule has 164 valence electrons. The zero-order valence-electron chi connectivity index (χ0n) is 17.3. The fourth-order valence-corrected chi connectivity index (χ4v) is 5.20. The van der Waals surface area contributed by atoms with Crippen LogP contribution in [0.5, 0.6) is 0 Å². The Balaban J connectivity index is 1.40. The minimum absolute atomic E-state index is 0.165. The standard InChI is InChI=1S/C22H25ClN4O3S/c1-16-4-7-20(8-5-16)31(29,30)24-12-17-3-2-10-26(13-17)15-19-11-22(28)27-14-18(23)6-9-21(27)25-19/h4-9,11,14,17,24H,2-3,10,12-13,15H2,1H3. The van der Waals surface area contributed by atoms with E-state index in [1.807, 2.05) is 6.92 Å². The van der Waals surface area contributed by atoms with Crippen LogP contribution in [0.1, 0.15) is 24.1 Å². The van der Waals surface area contributed by atoms with Gasteiger partial charge in [0.2, 0.25) is 10.0 Å². The van der Waals surface area contributed by atoms with Gasteiger partial charge in [0.15, 0.2) is 0 Å². The third-order valence-corrected chi connectivity index (χ3v) is 7.22. The molecule has 31 heavy (non-hydrogen) atoms. The Hall–Kier alpha value is -2.26. The van der Waals surface area contributed by atoms with Gasteiger partial charge in [-0.05, 0) is 56.5 Å². The van der Waals surface area contributed by atoms with Gasteiger partial charge in [0.05, 0.1) is 15.6 Å². The van der Waals surface area contributed by atoms with Gasteiger partial charge in [-0.2, -0.15) is 0 Å². The molecule has 4 rings (SSSR count). The predicted molar refractivity (Wildman–Crippen MR) is 121 cm³/mol. The molecule has 7 nitrogen and oxygen atoms in total. The molecule has 9 heteroatoms. The average molecular weight is 461 g/mol. The van der Waals surface area contributed by atoms with E-state index in [9.17, 15) is 13.2 Å². The molecule has 2 aromatic heterocycles. The molecule has 0 aliphatic carbocycles. The summed E-state index contributed by atoms with van der Waals surface area (Å²) in [4.78, 5) is 19.5. The van der Waals surface area contributed by atoms with Crippen LogP contribution in [0, 0.1) is 12.8 Å². The van der Waals surface area contributed by atoms with Gasteiger partial charge in [0.1, 0.15) is 5.65 Å². The predicted octanol–water partition coefficient (Wildman–Crippen LogP) is 2.85. The molecule has 0 radical (unpaired) electrons. The number of nitrogens with one attached hydrogen (secondary N) is 1. The summed E-state index contributed by atoms with van der Waals surface area (Å²) in [5, 5.41) is 0.483. The Labute approximate surface area is 186 Å². The summed E-state index contributed by atoms with van der Waals surface area (Å²) < 4.78 is 29.3. The summed E-state index contributed by atoms with van der Waals surface area (Å²) in [6, 6.07) is 11.8. The highest BCUT2D eigenvalue weighted by Gasteiger charge is 2.23. The minimum atomic E-state index is -3.52. The van der Waals surface area contributed by atoms with Crippen molar-refractivity contribution in [3.05, 3.63) is 75.3 Å². The zero-order chi connectivity index (χ0) is 22.0. The lowest BCUT2D eigenvalue weighted by molar-refractivity contribution is 0.167. The summed E-state index contributed by atoms with van der Waals surface area (Å²) in [5.74, 6) is 0.203. The van der Waals surface area contributed by atoms with Gasteiger partial charge in [-0.25, -0.2) is 18.1 Å². The summed E-state index contributed by atoms with van der Waals surface area (Å²) in [6.07, 6.45) is 3.49. The van der Waals surface area contributed by atoms with Gasteiger partial charge in [-0.3, -0.25) is 14.1 Å². The molecule has 1 fully saturated rings. The maximum atomic E-state index is 12.6. The number of halogens is 1. The van der Waals surface area contributed by atoms with Crippen LogP contribution < -0.4 is 10.3 Å². The molecule has 3 heterocycles. The Morgan fingerprint density at radius 1 is 1.19 bits per heavy atom. The third-order valence-electron chi connectivity index (χ3n) is 5.56. The van der Waals surface area contributed by atoms with Gasteiger partial charge in [-0.1, -0.05) is 29.3 Å². The average Bonchev–Trinajstić information content (AvgIpc) is 2.74. The normalized spacial score (nSPS) is 17.8. The van der Waals surface area contributed by atoms with Crippen LogP contribution in [0.4, 0.5) is 0 Å². The van der Waals surface area contributed by atoms with E-state index in [1.54, 1.807) is 42.6 Å². The van der Waals surface area contributed by atoms with Crippen molar-refractivity contribution in [3.63, 3.8) is 0 Å². The molecular formula is C22H25ClN4O3S. The fourth-order valence-electron chi connectivity index (χ4n) is 3.93. The van der Waals surface area contributed by atoms with E-state index < -0.39 is 10.0 Å². The highest BCUT2D eigenvalue weighted by Crippen LogP contribution is 2.19. The first kappa shape index (κ1) is 22.0. The second-order valence-corrected chi connectivity index (χ2v) is 10.3. The minimum Gasteiger partial charge on any atom is -0.297 e. The van der Waals surface area contributed by atoms with E-state index in [-0.39, 0.29) is 16.4 Å². The highest BCUT2D eigenvalue weighted by molar-refractivity contribution is 7.89. The Morgan fingerprint density at radius 3 is 2.74 bits per heavy atom. The van der Waals surface area contributed by atoms with Crippen molar-refractivity contribution in [1.82, 2.24) is 19.0 Å². The Kier molecular flexibility index (Phi) is 6.43. The van der Waals surface area contributed by atoms with E-state index in [4.69, 9.17) is 11.6 Å². The van der Waals surface area contributed by atoms with Crippen LogP contribution in [0.15, 0.2) is 58.4 Å². The number of hydrogen-bond donors (Lipinski definition) is 1. The quantitative estimate of drug-likeness (QED) is 0.611. The number of pyridine rings is 1. The third kappa shape index (κ3) is 5.33. The molecule has 1 aromatic carbocycles. The molecule has 0 saturated carbocycles. The van der Waals surface area contributed by atoms with Crippen molar-refractivity contribution in [2.24, 2.45) is 5.92 Å². The van der Waals surface area contributed by atoms with E-state index in [0.29, 0.717) is 29.5 Å². The van der Waals surface area contributed by atoms with Crippen molar-refractivity contribution in [2.75, 3.05) is 19.6 Å². The highest BCUT2D eigenvalue weighted by atomic mass is 35.5. The molecule has 3 aromatic rings. The number of sulfonamides is 1. The van der Waals surface area contributed by atoms with Crippen LogP contribution >= 0.6 is 11.6 Å². The van der Waals surface area contributed by atoms with Crippen LogP contribution in [0.2, 0.25) is 5.02 Å². The number of nitrogens with zero attached hydrogens (tertiary/aromatic N) is 3. The first-order valence-corrected chi connectivity index (χ1v) is 12.1. The largest absolute Gasteiger partial charge is 0.297 e. The van der Waals surface area contributed by atoms with Crippen molar-refractivity contribution < 1.29 is 8.42 Å². The lowest BCUT2D eigenvalue weighted by atomic mass is 9.98. The molecule has 1 atom stereocenters. The smallest absolute Gasteiger partial charge is 0.258 e. The fraction of sp³-hybridized carbons (Fsp3) is 0.364. The number of rotatable bonds is 6. The van der Waals surface area contributed by atoms with E-state index in [2.05, 4.69) is 14.6 Å². The molecule has 0 spiro atoms. The lowest BCUT2D eigenvalue weighted by Crippen LogP contribution is -2.40. The number of aromatic nitrogens is 2. The lowest BCUT2D eigenvalue weighted by Gasteiger charge is -2.32. The van der Waals surface area contributed by atoms with Gasteiger partial charge >= 0.3 is 0 Å². The first-order valence-electron chi connectivity index (χ1n) is 10.3. The second kappa shape index (κ2) is 9.08. The van der Waals surface area contributed by atoms with E-state index >= 15 is 0 Å². The summed E-state index contributed by atoms with van der Waals surface area (Å²) in [5.41, 5.74) is 2.12. The molecule has 0 bridgehead atoms. The van der Waals surface area contributed by atoms with Gasteiger partial charge in [-0.15, -0.1) is 0 Å². The van der Waals surface area contributed by atoms with Crippen LogP contribution in [-0.4, -0.2) is 42.3 Å². The van der Waals surface area contributed by atoms with Gasteiger partial charge in [0, 0.05) is 31.9 Å². The molecule has 1 N–H and O–H groups in total. The summed E-state index contributed by atoms with van der Waals surface area (Å²) in [7, 11) is -3.52. The molecule has 1 saturated heterocycles. The zero-order valence-corrected chi connectivity index (χ0v) is 18.9. The number of aryl methyl sites for hydroxylation is 1. The summed E-state index contributed by atoms with van der Waals surface area (Å²) >= 11 is 5.97. The molecular weight excluding hydrogens is 436 g/mol. The molecule has 1 unspecified atom stereocenters. The van der Waals surface area contributed by atoms with Gasteiger partial charge < -0.3 is 0 Å². The number of hydrogen-bond acceptors (Lipinski definition) is 5. The van der Waals surface area contributed by atoms with Crippen molar-refractivity contribution in [3.8, 4) is 0 Å². The van der Waals surface area contributed by atoms with Crippen molar-refractivity contribution >= 4 is 27.3 Å². The Morgan fingerprint density at radius 2 is 1.97 bits per heavy atom. The van der Waals surface area contributed by atoms with E-state index in [1.165, 1.54) is 10.5 Å². The molecule has 1 aliphatic rings. The number of piperidine rings is 1.